The molecule has 0 bridgehead atoms. The number of para-hydroxylation sites is 1. The number of methoxy groups -OCH3 is 1. The predicted octanol–water partition coefficient (Wildman–Crippen LogP) is 4.50. The fourth-order valence-electron chi connectivity index (χ4n) is 4.44. The van der Waals surface area contributed by atoms with E-state index in [2.05, 4.69) is 15.9 Å². The number of likely N-dealkylation sites (tertiary alicyclic amines) is 1. The quantitative estimate of drug-likeness (QED) is 0.490. The van der Waals surface area contributed by atoms with Crippen molar-refractivity contribution in [3.63, 3.8) is 0 Å². The summed E-state index contributed by atoms with van der Waals surface area (Å²) < 4.78 is 6.47. The topological polar surface area (TPSA) is 59.1 Å². The van der Waals surface area contributed by atoms with Crippen molar-refractivity contribution in [1.82, 2.24) is 4.90 Å². The lowest BCUT2D eigenvalue weighted by molar-refractivity contribution is -0.143. The van der Waals surface area contributed by atoms with Crippen LogP contribution in [0.4, 0.5) is 5.69 Å². The van der Waals surface area contributed by atoms with Crippen molar-refractivity contribution < 1.29 is 19.2 Å². The van der Waals surface area contributed by atoms with Gasteiger partial charge in [0.05, 0.1) is 25.4 Å². The number of hydrogen-bond acceptors (Lipinski definition) is 5. The number of rotatable bonds is 5. The highest BCUT2D eigenvalue weighted by molar-refractivity contribution is 9.10. The highest BCUT2D eigenvalue weighted by atomic mass is 79.9. The summed E-state index contributed by atoms with van der Waals surface area (Å²) >= 11 is 3.53. The molecule has 5 rings (SSSR count). The Morgan fingerprint density at radius 1 is 0.938 bits per heavy atom. The number of imide groups is 1. The number of amides is 2. The highest BCUT2D eigenvalue weighted by Crippen LogP contribution is 2.49. The molecule has 2 saturated heterocycles. The van der Waals surface area contributed by atoms with Gasteiger partial charge in [-0.2, -0.15) is 0 Å². The first-order valence-electron chi connectivity index (χ1n) is 10.3. The van der Waals surface area contributed by atoms with Crippen molar-refractivity contribution in [2.75, 3.05) is 12.2 Å². The Balaban J connectivity index is 1.58. The van der Waals surface area contributed by atoms with Crippen LogP contribution < -0.4 is 9.80 Å². The van der Waals surface area contributed by atoms with Gasteiger partial charge in [-0.1, -0.05) is 64.5 Å². The van der Waals surface area contributed by atoms with Crippen LogP contribution in [0.5, 0.6) is 5.75 Å². The van der Waals surface area contributed by atoms with Crippen LogP contribution in [-0.2, 0) is 21.0 Å². The maximum absolute atomic E-state index is 13.6. The van der Waals surface area contributed by atoms with Crippen LogP contribution in [-0.4, -0.2) is 29.9 Å². The summed E-state index contributed by atoms with van der Waals surface area (Å²) in [7, 11) is 1.59. The van der Waals surface area contributed by atoms with E-state index in [9.17, 15) is 9.59 Å². The zero-order chi connectivity index (χ0) is 22.2. The second-order valence-corrected chi connectivity index (χ2v) is 8.71. The van der Waals surface area contributed by atoms with Gasteiger partial charge < -0.3 is 4.74 Å². The highest BCUT2D eigenvalue weighted by Gasteiger charge is 2.60. The first-order chi connectivity index (χ1) is 15.6. The number of carbonyl (C=O) groups excluding carboxylic acids is 2. The Hall–Kier alpha value is -3.16. The normalized spacial score (nSPS) is 22.4. The van der Waals surface area contributed by atoms with Crippen LogP contribution in [0.25, 0.3) is 0 Å². The maximum atomic E-state index is 13.6. The summed E-state index contributed by atoms with van der Waals surface area (Å²) in [5, 5.41) is 1.68. The second kappa shape index (κ2) is 8.41. The van der Waals surface area contributed by atoms with Gasteiger partial charge in [0.1, 0.15) is 11.7 Å². The van der Waals surface area contributed by atoms with Gasteiger partial charge in [0.2, 0.25) is 5.91 Å². The number of ether oxygens (including phenoxy) is 1. The van der Waals surface area contributed by atoms with Gasteiger partial charge >= 0.3 is 0 Å². The lowest BCUT2D eigenvalue weighted by Gasteiger charge is -2.29. The molecule has 0 aliphatic carbocycles. The standard InChI is InChI=1S/C25H21BrN2O4/c1-31-20-13-12-17(26)14-19(20)22-21-23(32-28(22)18-10-6-3-7-11-18)25(30)27(24(21)29)15-16-8-4-2-5-9-16/h2-14,21-23H,15H2,1H3/t21-,22+,23-/m1/s1. The number of anilines is 1. The molecule has 32 heavy (non-hydrogen) atoms. The number of benzene rings is 3. The zero-order valence-electron chi connectivity index (χ0n) is 17.4. The molecule has 2 amide bonds. The Labute approximate surface area is 194 Å². The fourth-order valence-corrected chi connectivity index (χ4v) is 4.82. The number of hydrogen-bond donors (Lipinski definition) is 0. The number of nitrogens with zero attached hydrogens (tertiary/aromatic N) is 2. The van der Waals surface area contributed by atoms with Gasteiger partial charge in [-0.15, -0.1) is 0 Å². The summed E-state index contributed by atoms with van der Waals surface area (Å²) in [5.74, 6) is -0.615. The molecule has 0 aromatic heterocycles. The fraction of sp³-hybridized carbons (Fsp3) is 0.200. The summed E-state index contributed by atoms with van der Waals surface area (Å²) in [6, 6.07) is 24.1. The van der Waals surface area contributed by atoms with Crippen molar-refractivity contribution in [3.8, 4) is 5.75 Å². The molecule has 3 aromatic carbocycles. The molecule has 0 saturated carbocycles. The van der Waals surface area contributed by atoms with Crippen molar-refractivity contribution in [2.24, 2.45) is 5.92 Å². The van der Waals surface area contributed by atoms with E-state index in [4.69, 9.17) is 9.57 Å². The molecule has 162 valence electrons. The Morgan fingerprint density at radius 2 is 1.62 bits per heavy atom. The SMILES string of the molecule is COc1ccc(Br)cc1[C@H]1[C@H]2C(=O)N(Cc3ccccc3)C(=O)[C@@H]2ON1c1ccccc1. The van der Waals surface area contributed by atoms with Crippen molar-refractivity contribution in [1.29, 1.82) is 0 Å². The molecule has 2 aliphatic rings. The Morgan fingerprint density at radius 3 is 2.31 bits per heavy atom. The summed E-state index contributed by atoms with van der Waals surface area (Å²) in [6.45, 7) is 0.225. The number of carbonyl (C=O) groups is 2. The van der Waals surface area contributed by atoms with Gasteiger partial charge in [-0.3, -0.25) is 19.3 Å². The minimum Gasteiger partial charge on any atom is -0.496 e. The molecule has 6 nitrogen and oxygen atoms in total. The molecule has 0 unspecified atom stereocenters. The van der Waals surface area contributed by atoms with E-state index in [-0.39, 0.29) is 18.4 Å². The van der Waals surface area contributed by atoms with Crippen molar-refractivity contribution in [2.45, 2.75) is 18.7 Å². The third kappa shape index (κ3) is 3.47. The van der Waals surface area contributed by atoms with E-state index in [0.717, 1.165) is 21.3 Å². The van der Waals surface area contributed by atoms with Crippen LogP contribution in [0, 0.1) is 5.92 Å². The van der Waals surface area contributed by atoms with Gasteiger partial charge in [0, 0.05) is 10.0 Å². The van der Waals surface area contributed by atoms with Gasteiger partial charge in [-0.25, -0.2) is 5.06 Å². The van der Waals surface area contributed by atoms with E-state index in [1.807, 2.05) is 78.9 Å². The molecule has 3 atom stereocenters. The minimum absolute atomic E-state index is 0.225. The lowest BCUT2D eigenvalue weighted by Crippen LogP contribution is -2.37. The summed E-state index contributed by atoms with van der Waals surface area (Å²) in [4.78, 5) is 34.4. The number of fused-ring (bicyclic) bond motifs is 1. The van der Waals surface area contributed by atoms with Gasteiger partial charge in [0.25, 0.3) is 5.91 Å². The molecule has 0 spiro atoms. The molecule has 0 radical (unpaired) electrons. The first kappa shape index (κ1) is 20.7. The maximum Gasteiger partial charge on any atom is 0.262 e. The average Bonchev–Trinajstić information content (AvgIpc) is 3.32. The number of hydroxylamine groups is 1. The smallest absolute Gasteiger partial charge is 0.262 e. The largest absolute Gasteiger partial charge is 0.496 e. The third-order valence-electron chi connectivity index (χ3n) is 5.91. The van der Waals surface area contributed by atoms with E-state index < -0.39 is 18.1 Å². The molecule has 2 fully saturated rings. The predicted molar refractivity (Wildman–Crippen MR) is 123 cm³/mol. The molecular formula is C25H21BrN2O4. The third-order valence-corrected chi connectivity index (χ3v) is 6.40. The Bertz CT molecular complexity index is 1160. The first-order valence-corrected chi connectivity index (χ1v) is 11.1. The van der Waals surface area contributed by atoms with E-state index >= 15 is 0 Å². The van der Waals surface area contributed by atoms with Crippen LogP contribution in [0.1, 0.15) is 17.2 Å². The molecule has 7 heteroatoms. The molecule has 2 heterocycles. The lowest BCUT2D eigenvalue weighted by atomic mass is 9.90. The van der Waals surface area contributed by atoms with Crippen LogP contribution in [0.15, 0.2) is 83.3 Å². The minimum atomic E-state index is -0.889. The number of halogens is 1. The van der Waals surface area contributed by atoms with Gasteiger partial charge in [-0.05, 0) is 35.9 Å². The second-order valence-electron chi connectivity index (χ2n) is 7.79. The Kier molecular flexibility index (Phi) is 5.45. The summed E-state index contributed by atoms with van der Waals surface area (Å²) in [5.41, 5.74) is 2.44. The molecular weight excluding hydrogens is 472 g/mol. The van der Waals surface area contributed by atoms with Crippen LogP contribution in [0.3, 0.4) is 0 Å². The molecule has 3 aromatic rings. The molecule has 2 aliphatic heterocycles. The monoisotopic (exact) mass is 492 g/mol. The van der Waals surface area contributed by atoms with E-state index in [0.29, 0.717) is 5.75 Å². The van der Waals surface area contributed by atoms with Crippen molar-refractivity contribution >= 4 is 33.4 Å². The van der Waals surface area contributed by atoms with E-state index in [1.165, 1.54) is 4.90 Å². The molecule has 0 N–H and O–H groups in total. The van der Waals surface area contributed by atoms with Crippen LogP contribution >= 0.6 is 15.9 Å². The van der Waals surface area contributed by atoms with Gasteiger partial charge in [0.15, 0.2) is 6.10 Å². The van der Waals surface area contributed by atoms with Crippen molar-refractivity contribution in [3.05, 3.63) is 94.5 Å². The van der Waals surface area contributed by atoms with Crippen LogP contribution in [0.2, 0.25) is 0 Å². The average molecular weight is 493 g/mol. The zero-order valence-corrected chi connectivity index (χ0v) is 18.9. The van der Waals surface area contributed by atoms with E-state index in [1.54, 1.807) is 12.2 Å². The summed E-state index contributed by atoms with van der Waals surface area (Å²) in [6.07, 6.45) is -0.889.